The van der Waals surface area contributed by atoms with Crippen molar-refractivity contribution < 1.29 is 4.79 Å². The van der Waals surface area contributed by atoms with Gasteiger partial charge in [0.05, 0.1) is 29.8 Å². The first-order valence-electron chi connectivity index (χ1n) is 14.6. The molecule has 5 aromatic rings. The molecular formula is C32H33N11O. The molecule has 1 aliphatic carbocycles. The maximum absolute atomic E-state index is 13.7. The Morgan fingerprint density at radius 3 is 2.52 bits per heavy atom. The molecule has 0 bridgehead atoms. The lowest BCUT2D eigenvalue weighted by molar-refractivity contribution is 0.240. The van der Waals surface area contributed by atoms with Crippen LogP contribution in [0.3, 0.4) is 0 Å². The van der Waals surface area contributed by atoms with Gasteiger partial charge in [-0.1, -0.05) is 30.3 Å². The topological polar surface area (TPSA) is 153 Å². The second kappa shape index (κ2) is 12.7. The van der Waals surface area contributed by atoms with Gasteiger partial charge in [-0.05, 0) is 50.3 Å². The molecule has 44 heavy (non-hydrogen) atoms. The summed E-state index contributed by atoms with van der Waals surface area (Å²) in [5, 5.41) is 27.4. The first-order chi connectivity index (χ1) is 21.5. The van der Waals surface area contributed by atoms with Gasteiger partial charge < -0.3 is 10.6 Å². The summed E-state index contributed by atoms with van der Waals surface area (Å²) in [6.45, 7) is 2.32. The summed E-state index contributed by atoms with van der Waals surface area (Å²) in [6.07, 6.45) is 11.9. The summed E-state index contributed by atoms with van der Waals surface area (Å²) in [7, 11) is 1.88. The summed E-state index contributed by atoms with van der Waals surface area (Å²) in [5.41, 5.74) is 5.48. The zero-order valence-corrected chi connectivity index (χ0v) is 24.6. The Labute approximate surface area is 255 Å². The van der Waals surface area contributed by atoms with E-state index in [1.807, 2.05) is 62.6 Å². The van der Waals surface area contributed by atoms with Crippen molar-refractivity contribution >= 4 is 17.8 Å². The monoisotopic (exact) mass is 587 g/mol. The van der Waals surface area contributed by atoms with Gasteiger partial charge in [0.15, 0.2) is 0 Å². The molecule has 0 radical (unpaired) electrons. The molecule has 12 nitrogen and oxygen atoms in total. The molecule has 12 heteroatoms. The Morgan fingerprint density at radius 1 is 1.05 bits per heavy atom. The fourth-order valence-corrected chi connectivity index (χ4v) is 5.57. The average Bonchev–Trinajstić information content (AvgIpc) is 3.69. The third kappa shape index (κ3) is 6.27. The molecule has 3 N–H and O–H groups in total. The van der Waals surface area contributed by atoms with Crippen LogP contribution in [0.5, 0.6) is 0 Å². The number of aromatic nitrogens is 7. The number of aromatic amines is 1. The van der Waals surface area contributed by atoms with Crippen molar-refractivity contribution in [3.8, 4) is 28.5 Å². The minimum absolute atomic E-state index is 0.0356. The van der Waals surface area contributed by atoms with E-state index in [-0.39, 0.29) is 18.1 Å². The van der Waals surface area contributed by atoms with Crippen LogP contribution in [-0.2, 0) is 13.6 Å². The summed E-state index contributed by atoms with van der Waals surface area (Å²) >= 11 is 0. The highest BCUT2D eigenvalue weighted by Gasteiger charge is 2.31. The third-order valence-corrected chi connectivity index (χ3v) is 7.93. The van der Waals surface area contributed by atoms with Crippen molar-refractivity contribution in [3.63, 3.8) is 0 Å². The average molecular weight is 588 g/mol. The molecule has 1 fully saturated rings. The van der Waals surface area contributed by atoms with E-state index in [9.17, 15) is 10.1 Å². The van der Waals surface area contributed by atoms with Crippen molar-refractivity contribution in [2.45, 2.75) is 51.2 Å². The number of pyridine rings is 1. The molecular weight excluding hydrogens is 554 g/mol. The number of nitrogens with one attached hydrogen (secondary N) is 3. The Bertz CT molecular complexity index is 1760. The van der Waals surface area contributed by atoms with Gasteiger partial charge in [-0.2, -0.15) is 15.5 Å². The van der Waals surface area contributed by atoms with E-state index in [0.29, 0.717) is 29.6 Å². The lowest BCUT2D eigenvalue weighted by atomic mass is 9.90. The zero-order valence-electron chi connectivity index (χ0n) is 24.6. The van der Waals surface area contributed by atoms with E-state index in [1.165, 1.54) is 0 Å². The molecule has 1 aromatic carbocycles. The number of hydrogen-bond acceptors (Lipinski definition) is 8. The van der Waals surface area contributed by atoms with Crippen LogP contribution in [0.4, 0.5) is 16.6 Å². The SMILES string of the molecule is Cc1[nH]ncc1-c1nc(NC2CCC(N(C(=O)NCc3ccccc3)c3ccc(-c4cnn(C)c4)cn3)CC2)ncc1C#N. The number of H-pyrrole nitrogens is 1. The Hall–Kier alpha value is -5.57. The lowest BCUT2D eigenvalue weighted by Gasteiger charge is -2.36. The zero-order chi connectivity index (χ0) is 30.5. The standard InChI is InChI=1S/C32H33N11O/c1-21-28(19-37-41-21)30-24(14-33)17-35-31(40-30)39-26-9-11-27(12-10-26)43(32(44)36-15-22-6-4-3-5-7-22)29-13-8-23(16-34-29)25-18-38-42(2)20-25/h3-8,13,16-20,26-27H,9-12,15H2,1-2H3,(H,36,44)(H,37,41)(H,35,39,40). The maximum Gasteiger partial charge on any atom is 0.323 e. The quantitative estimate of drug-likeness (QED) is 0.230. The molecule has 4 heterocycles. The highest BCUT2D eigenvalue weighted by Crippen LogP contribution is 2.30. The first kappa shape index (κ1) is 28.5. The van der Waals surface area contributed by atoms with Crippen LogP contribution in [0.2, 0.25) is 0 Å². The van der Waals surface area contributed by atoms with Gasteiger partial charge in [0, 0.05) is 60.5 Å². The molecule has 0 aliphatic heterocycles. The summed E-state index contributed by atoms with van der Waals surface area (Å²) in [4.78, 5) is 29.3. The van der Waals surface area contributed by atoms with Crippen molar-refractivity contribution in [1.29, 1.82) is 5.26 Å². The highest BCUT2D eigenvalue weighted by molar-refractivity contribution is 5.91. The number of hydrogen-bond donors (Lipinski definition) is 3. The van der Waals surface area contributed by atoms with Crippen molar-refractivity contribution in [3.05, 3.63) is 90.3 Å². The fourth-order valence-electron chi connectivity index (χ4n) is 5.57. The number of nitrogens with zero attached hydrogens (tertiary/aromatic N) is 8. The van der Waals surface area contributed by atoms with Crippen molar-refractivity contribution in [2.75, 3.05) is 10.2 Å². The number of nitriles is 1. The van der Waals surface area contributed by atoms with Crippen LogP contribution < -0.4 is 15.5 Å². The smallest absolute Gasteiger partial charge is 0.323 e. The molecule has 222 valence electrons. The number of benzene rings is 1. The Kier molecular flexibility index (Phi) is 8.27. The van der Waals surface area contributed by atoms with E-state index in [4.69, 9.17) is 4.98 Å². The van der Waals surface area contributed by atoms with Gasteiger partial charge in [0.25, 0.3) is 0 Å². The molecule has 6 rings (SSSR count). The first-order valence-corrected chi connectivity index (χ1v) is 14.6. The highest BCUT2D eigenvalue weighted by atomic mass is 16.2. The molecule has 1 saturated carbocycles. The number of anilines is 2. The molecule has 2 amide bonds. The number of amides is 2. The fraction of sp³-hybridized carbons (Fsp3) is 0.281. The van der Waals surface area contributed by atoms with Crippen molar-refractivity contribution in [2.24, 2.45) is 7.05 Å². The Balaban J connectivity index is 1.17. The van der Waals surface area contributed by atoms with Crippen LogP contribution in [0.25, 0.3) is 22.4 Å². The van der Waals surface area contributed by atoms with Crippen LogP contribution in [0.1, 0.15) is 42.5 Å². The third-order valence-electron chi connectivity index (χ3n) is 7.93. The molecule has 1 aliphatic rings. The van der Waals surface area contributed by atoms with Gasteiger partial charge in [0.2, 0.25) is 5.95 Å². The number of carbonyl (C=O) groups excluding carboxylic acids is 1. The summed E-state index contributed by atoms with van der Waals surface area (Å²) in [5.74, 6) is 1.07. The van der Waals surface area contributed by atoms with Crippen LogP contribution in [-0.4, -0.2) is 53.0 Å². The van der Waals surface area contributed by atoms with E-state index in [2.05, 4.69) is 42.0 Å². The van der Waals surface area contributed by atoms with Gasteiger partial charge in [-0.15, -0.1) is 0 Å². The van der Waals surface area contributed by atoms with E-state index in [0.717, 1.165) is 53.6 Å². The number of aryl methyl sites for hydroxylation is 2. The number of urea groups is 1. The van der Waals surface area contributed by atoms with Crippen LogP contribution >= 0.6 is 0 Å². The normalized spacial score (nSPS) is 16.2. The summed E-state index contributed by atoms with van der Waals surface area (Å²) < 4.78 is 1.75. The van der Waals surface area contributed by atoms with Crippen molar-refractivity contribution in [1.82, 2.24) is 40.2 Å². The molecule has 0 spiro atoms. The Morgan fingerprint density at radius 2 is 1.86 bits per heavy atom. The van der Waals surface area contributed by atoms with Crippen LogP contribution in [0.15, 0.2) is 73.4 Å². The molecule has 0 atom stereocenters. The minimum Gasteiger partial charge on any atom is -0.351 e. The molecule has 0 unspecified atom stereocenters. The lowest BCUT2D eigenvalue weighted by Crippen LogP contribution is -2.49. The van der Waals surface area contributed by atoms with Crippen LogP contribution in [0, 0.1) is 18.3 Å². The number of rotatable bonds is 8. The van der Waals surface area contributed by atoms with Gasteiger partial charge in [-0.25, -0.2) is 19.7 Å². The second-order valence-electron chi connectivity index (χ2n) is 10.9. The predicted octanol–water partition coefficient (Wildman–Crippen LogP) is 4.98. The predicted molar refractivity (Wildman–Crippen MR) is 166 cm³/mol. The molecule has 0 saturated heterocycles. The van der Waals surface area contributed by atoms with Gasteiger partial charge in [0.1, 0.15) is 11.9 Å². The minimum atomic E-state index is -0.178. The maximum atomic E-state index is 13.7. The van der Waals surface area contributed by atoms with E-state index < -0.39 is 0 Å². The number of carbonyl (C=O) groups is 1. The second-order valence-corrected chi connectivity index (χ2v) is 10.9. The van der Waals surface area contributed by atoms with Gasteiger partial charge in [-0.3, -0.25) is 14.7 Å². The largest absolute Gasteiger partial charge is 0.351 e. The van der Waals surface area contributed by atoms with E-state index >= 15 is 0 Å². The van der Waals surface area contributed by atoms with Gasteiger partial charge >= 0.3 is 6.03 Å². The van der Waals surface area contributed by atoms with E-state index in [1.54, 1.807) is 34.4 Å². The molecule has 4 aromatic heterocycles. The summed E-state index contributed by atoms with van der Waals surface area (Å²) in [6, 6.07) is 15.8.